The average molecular weight is 1910 g/mol. The van der Waals surface area contributed by atoms with Crippen LogP contribution in [0.3, 0.4) is 0 Å². The lowest BCUT2D eigenvalue weighted by atomic mass is 9.33. The number of aliphatic hydroxyl groups is 20. The van der Waals surface area contributed by atoms with Gasteiger partial charge in [0.2, 0.25) is 12.2 Å². The molecule has 0 spiro atoms. The molecule has 764 valence electrons. The van der Waals surface area contributed by atoms with E-state index in [1.807, 2.05) is 0 Å². The Labute approximate surface area is 775 Å². The lowest BCUT2D eigenvalue weighted by Gasteiger charge is -2.71. The second-order valence-corrected chi connectivity index (χ2v) is 41.2. The van der Waals surface area contributed by atoms with Crippen molar-refractivity contribution in [1.82, 2.24) is 16.0 Å². The van der Waals surface area contributed by atoms with E-state index in [0.29, 0.717) is 51.4 Å². The molecule has 5 aliphatic carbocycles. The van der Waals surface area contributed by atoms with Crippen LogP contribution in [0.5, 0.6) is 0 Å². The molecule has 0 aromatic rings. The Morgan fingerprint density at radius 3 is 1.75 bits per heavy atom. The summed E-state index contributed by atoms with van der Waals surface area (Å²) in [6, 6.07) is -1.07. The zero-order valence-electron chi connectivity index (χ0n) is 78.0. The van der Waals surface area contributed by atoms with E-state index in [4.69, 9.17) is 66.3 Å². The lowest BCUT2D eigenvalue weighted by Crippen LogP contribution is -2.70. The summed E-state index contributed by atoms with van der Waals surface area (Å²) in [4.78, 5) is 58.7. The van der Waals surface area contributed by atoms with Crippen LogP contribution in [0.4, 0.5) is 0 Å². The van der Waals surface area contributed by atoms with Crippen LogP contribution in [-0.2, 0) is 85.5 Å². The summed E-state index contributed by atoms with van der Waals surface area (Å²) < 4.78 is 86.2. The van der Waals surface area contributed by atoms with Crippen molar-refractivity contribution in [2.24, 2.45) is 50.2 Å². The van der Waals surface area contributed by atoms with Gasteiger partial charge in [0.25, 0.3) is 5.91 Å². The van der Waals surface area contributed by atoms with Gasteiger partial charge in [-0.25, -0.2) is 0 Å². The van der Waals surface area contributed by atoms with Gasteiger partial charge in [-0.1, -0.05) is 117 Å². The van der Waals surface area contributed by atoms with Gasteiger partial charge in [-0.2, -0.15) is 0 Å². The normalized spacial score (nSPS) is 47.4. The third kappa shape index (κ3) is 22.2. The average Bonchev–Trinajstić information content (AvgIpc) is 0.668. The standard InChI is InChI=1S/C92H153N3O38/c1-11-12-13-20-23-45(95-57-64(109)61(106)49(38-96)124-79(57)118)24-21-18-16-14-15-17-19-22-25-56(102)93-34-35-94-78(117)74-71(116)73(128-80-68(113)60(105)48(100)41-121-80)77(132-82-70(115)66(111)63(108)51(40-98)126-82)85(129-74)127-55-29-30-88(6)52(89(55,7)42-99)28-31-90(8)53(88)27-26-46-47-36-87(4,5)32-33-92(47,54(101)37-91(46,90)9)86(119)133-83-75(67(112)58(103)43(2)122-83)130-84-76(72(120-10)59(104)44(3)123-84)131-81-69(114)65(110)62(107)50(39-97)125-81/h18,21,26,42-45,47-55,57-77,79-85,95-98,100-101,103-116,118H,11-17,19-20,22-25,27-41H2,1-10H3,(H,93,102)(H,94,117)/b21-18-/t43?,44?,45?,47?,48?,49?,50?,51?,52?,53?,54-,55+,57?,58?,59?,60?,61?,62?,63?,64?,65?,66?,67?,68?,69?,70?,71?,72?,73?,74?,75?,76?,77?,79?,80?,81?,82?,83?,84?,85?,88+,89+,90-,91-,92-/m1/s1. The Kier molecular flexibility index (Phi) is 37.1. The van der Waals surface area contributed by atoms with Gasteiger partial charge in [0.1, 0.15) is 146 Å². The molecule has 0 aromatic carbocycles. The van der Waals surface area contributed by atoms with E-state index in [0.717, 1.165) is 76.1 Å². The van der Waals surface area contributed by atoms with Crippen LogP contribution in [0.2, 0.25) is 0 Å². The highest BCUT2D eigenvalue weighted by atomic mass is 16.8. The number of fused-ring (bicyclic) bond motifs is 7. The first-order valence-electron chi connectivity index (χ1n) is 48.1. The molecule has 41 nitrogen and oxygen atoms in total. The molecule has 0 bridgehead atoms. The molecule has 23 N–H and O–H groups in total. The third-order valence-electron chi connectivity index (χ3n) is 32.2. The zero-order chi connectivity index (χ0) is 97.1. The van der Waals surface area contributed by atoms with Gasteiger partial charge < -0.3 is 189 Å². The first-order chi connectivity index (χ1) is 63.0. The number of methoxy groups -OCH3 is 1. The van der Waals surface area contributed by atoms with Crippen molar-refractivity contribution in [3.63, 3.8) is 0 Å². The maximum atomic E-state index is 16.0. The highest BCUT2D eigenvalue weighted by Gasteiger charge is 2.73. The van der Waals surface area contributed by atoms with Gasteiger partial charge in [-0.3, -0.25) is 14.4 Å². The fourth-order valence-corrected chi connectivity index (χ4v) is 23.9. The molecule has 11 fully saturated rings. The van der Waals surface area contributed by atoms with Crippen LogP contribution in [-0.4, -0.2) is 400 Å². The molecular weight excluding hydrogens is 1750 g/mol. The number of esters is 1. The topological polar surface area (TPSA) is 638 Å². The van der Waals surface area contributed by atoms with Crippen LogP contribution >= 0.6 is 0 Å². The Hall–Kier alpha value is -3.80. The number of carbonyl (C=O) groups is 4. The number of amides is 2. The highest BCUT2D eigenvalue weighted by Crippen LogP contribution is 2.76. The van der Waals surface area contributed by atoms with E-state index < -0.39 is 304 Å². The minimum atomic E-state index is -2.16. The number of aldehydes is 1. The molecule has 2 amide bonds. The number of allylic oxidation sites excluding steroid dienone is 3. The van der Waals surface area contributed by atoms with Crippen molar-refractivity contribution < 1.29 is 188 Å². The van der Waals surface area contributed by atoms with Crippen LogP contribution in [0, 0.1) is 50.2 Å². The van der Waals surface area contributed by atoms with Gasteiger partial charge >= 0.3 is 5.97 Å². The summed E-state index contributed by atoms with van der Waals surface area (Å²) in [6.07, 6.45) is -39.3. The van der Waals surface area contributed by atoms with Crippen LogP contribution < -0.4 is 16.0 Å². The van der Waals surface area contributed by atoms with Gasteiger partial charge in [-0.15, -0.1) is 0 Å². The quantitative estimate of drug-likeness (QED) is 0.00949. The second-order valence-electron chi connectivity index (χ2n) is 41.2. The second kappa shape index (κ2) is 45.6. The SMILES string of the molecule is CCCCCCC(C/C=C\CCCCCCCC(=O)NCCNC(=O)C1OC(O[C@H]2CC[C@@]3(C)C(CC[C@]4(C)C3CC=C3C5CC(C)(C)CC[C@]5(C(=O)OC5OC(C)C(O)C(O)C5OC5OC(C)C(O)C(OC)C5OC5OC(CO)C(O)C(O)C5O)[C@H](O)C[C@]34C)[C@]2(C)C=O)C(OC2OC(CO)C(O)C(O)C2O)C(OC2OCC(O)C(O)C2O)C1O)NC1C(O)OC(CO)C(O)C1O. The summed E-state index contributed by atoms with van der Waals surface area (Å²) >= 11 is 0. The summed E-state index contributed by atoms with van der Waals surface area (Å²) in [5, 5.41) is 231. The molecule has 7 heterocycles. The summed E-state index contributed by atoms with van der Waals surface area (Å²) in [5.74, 6) is -3.65. The van der Waals surface area contributed by atoms with Crippen molar-refractivity contribution in [3.8, 4) is 0 Å². The number of hydrogen-bond acceptors (Lipinski definition) is 39. The third-order valence-corrected chi connectivity index (χ3v) is 32.2. The smallest absolute Gasteiger partial charge is 0.317 e. The molecule has 0 aromatic heterocycles. The molecule has 45 atom stereocenters. The molecule has 0 radical (unpaired) electrons. The predicted octanol–water partition coefficient (Wildman–Crippen LogP) is -3.24. The lowest BCUT2D eigenvalue weighted by molar-refractivity contribution is -0.391. The van der Waals surface area contributed by atoms with E-state index in [1.165, 1.54) is 21.0 Å². The first-order valence-corrected chi connectivity index (χ1v) is 48.1. The maximum absolute atomic E-state index is 16.0. The fourth-order valence-electron chi connectivity index (χ4n) is 23.9. The number of unbranched alkanes of at least 4 members (excludes halogenated alkanes) is 8. The van der Waals surface area contributed by atoms with E-state index in [9.17, 15) is 117 Å². The van der Waals surface area contributed by atoms with Gasteiger partial charge in [0.05, 0.1) is 62.3 Å². The Bertz CT molecular complexity index is 3800. The molecule has 7 saturated heterocycles. The van der Waals surface area contributed by atoms with Crippen LogP contribution in [0.15, 0.2) is 23.8 Å². The summed E-state index contributed by atoms with van der Waals surface area (Å²) in [6.45, 7) is 14.2. The number of ether oxygens (including phenoxy) is 14. The van der Waals surface area contributed by atoms with Gasteiger partial charge in [0, 0.05) is 32.7 Å². The molecule has 12 rings (SSSR count). The first kappa shape index (κ1) is 108. The van der Waals surface area contributed by atoms with E-state index >= 15 is 4.79 Å². The van der Waals surface area contributed by atoms with Crippen molar-refractivity contribution in [3.05, 3.63) is 23.8 Å². The highest BCUT2D eigenvalue weighted by molar-refractivity contribution is 5.82. The van der Waals surface area contributed by atoms with Crippen molar-refractivity contribution in [2.45, 2.75) is 431 Å². The largest absolute Gasteiger partial charge is 0.432 e. The maximum Gasteiger partial charge on any atom is 0.317 e. The van der Waals surface area contributed by atoms with Crippen LogP contribution in [0.1, 0.15) is 204 Å². The van der Waals surface area contributed by atoms with Gasteiger partial charge in [0.15, 0.2) is 49.9 Å². The van der Waals surface area contributed by atoms with Crippen molar-refractivity contribution in [1.29, 1.82) is 0 Å². The van der Waals surface area contributed by atoms with Crippen LogP contribution in [0.25, 0.3) is 0 Å². The van der Waals surface area contributed by atoms with Crippen molar-refractivity contribution in [2.75, 3.05) is 46.6 Å². The predicted molar refractivity (Wildman–Crippen MR) is 460 cm³/mol. The minimum absolute atomic E-state index is 0.0359. The number of aliphatic hydroxyl groups excluding tert-OH is 20. The Morgan fingerprint density at radius 2 is 1.11 bits per heavy atom. The van der Waals surface area contributed by atoms with E-state index in [1.54, 1.807) is 6.92 Å². The molecular formula is C92H153N3O38. The number of rotatable bonds is 38. The van der Waals surface area contributed by atoms with E-state index in [2.05, 4.69) is 75.7 Å². The zero-order valence-corrected chi connectivity index (χ0v) is 78.0. The summed E-state index contributed by atoms with van der Waals surface area (Å²) in [5.41, 5.74) is -4.94. The molecule has 4 saturated carbocycles. The van der Waals surface area contributed by atoms with Gasteiger partial charge in [-0.05, 0) is 143 Å². The molecule has 41 heteroatoms. The number of hydrogen-bond donors (Lipinski definition) is 23. The molecule has 12 aliphatic rings. The van der Waals surface area contributed by atoms with E-state index in [-0.39, 0.29) is 56.6 Å². The monoisotopic (exact) mass is 1910 g/mol. The Morgan fingerprint density at radius 1 is 0.526 bits per heavy atom. The minimum Gasteiger partial charge on any atom is -0.432 e. The fraction of sp³-hybridized carbons (Fsp3) is 0.913. The number of carbonyl (C=O) groups excluding carboxylic acids is 4. The Balaban J connectivity index is 0.739. The van der Waals surface area contributed by atoms with Crippen molar-refractivity contribution >= 4 is 24.1 Å². The molecule has 7 aliphatic heterocycles. The summed E-state index contributed by atoms with van der Waals surface area (Å²) in [7, 11) is 1.23. The molecule has 38 unspecified atom stereocenters. The number of nitrogens with one attached hydrogen (secondary N) is 3. The molecule has 133 heavy (non-hydrogen) atoms.